The van der Waals surface area contributed by atoms with Gasteiger partial charge in [0.05, 0.1) is 37.9 Å². The van der Waals surface area contributed by atoms with E-state index in [2.05, 4.69) is 39.2 Å². The van der Waals surface area contributed by atoms with Crippen molar-refractivity contribution in [3.05, 3.63) is 35.9 Å². The Morgan fingerprint density at radius 3 is 2.42 bits per heavy atom. The number of nitrogens with one attached hydrogen (secondary N) is 1. The zero-order valence-corrected chi connectivity index (χ0v) is 22.1. The molecule has 1 saturated carbocycles. The van der Waals surface area contributed by atoms with Crippen LogP contribution in [0.2, 0.25) is 18.1 Å². The van der Waals surface area contributed by atoms with E-state index in [1.807, 2.05) is 37.3 Å². The van der Waals surface area contributed by atoms with Crippen LogP contribution < -0.4 is 5.32 Å². The van der Waals surface area contributed by atoms with Crippen molar-refractivity contribution >= 4 is 20.0 Å². The molecule has 0 bridgehead atoms. The molecular formula is C26H41NO5Si. The lowest BCUT2D eigenvalue weighted by Crippen LogP contribution is -2.68. The Balaban J connectivity index is 1.50. The van der Waals surface area contributed by atoms with Crippen molar-refractivity contribution in [3.8, 4) is 0 Å². The standard InChI is InChI=1S/C26H41NO5Si/c1-18(32-33(5,6)26(2,3)4)22-23(27-25(22)29)20-13-10-14-21(24(20)28)31-16-15-30-17-19-11-8-7-9-12-19/h7-9,11-12,18,20-23H,10,13-17H2,1-6H3,(H,27,29)/t18-,20-,21-,22-,23-/m1/s1. The normalized spacial score (nSPS) is 27.1. The lowest BCUT2D eigenvalue weighted by molar-refractivity contribution is -0.151. The van der Waals surface area contributed by atoms with Crippen LogP contribution in [-0.2, 0) is 30.1 Å². The second-order valence-electron chi connectivity index (χ2n) is 11.0. The van der Waals surface area contributed by atoms with Crippen molar-refractivity contribution in [1.82, 2.24) is 5.32 Å². The third-order valence-electron chi connectivity index (χ3n) is 7.55. The van der Waals surface area contributed by atoms with Gasteiger partial charge in [-0.3, -0.25) is 9.59 Å². The van der Waals surface area contributed by atoms with Crippen LogP contribution in [0.3, 0.4) is 0 Å². The van der Waals surface area contributed by atoms with E-state index in [1.165, 1.54) is 0 Å². The number of Topliss-reactive ketones (excluding diaryl/α,β-unsaturated/α-hetero) is 1. The van der Waals surface area contributed by atoms with Gasteiger partial charge >= 0.3 is 0 Å². The number of ether oxygens (including phenoxy) is 2. The Kier molecular flexibility index (Phi) is 8.54. The molecule has 7 heteroatoms. The first-order chi connectivity index (χ1) is 15.5. The second-order valence-corrected chi connectivity index (χ2v) is 15.7. The quantitative estimate of drug-likeness (QED) is 0.307. The molecule has 1 aromatic carbocycles. The smallest absolute Gasteiger partial charge is 0.228 e. The summed E-state index contributed by atoms with van der Waals surface area (Å²) in [5, 5.41) is 3.08. The van der Waals surface area contributed by atoms with E-state index in [4.69, 9.17) is 13.9 Å². The molecule has 5 atom stereocenters. The zero-order valence-electron chi connectivity index (χ0n) is 21.1. The molecule has 1 heterocycles. The molecule has 0 unspecified atom stereocenters. The van der Waals surface area contributed by atoms with Gasteiger partial charge in [0, 0.05) is 5.92 Å². The molecule has 0 aromatic heterocycles. The highest BCUT2D eigenvalue weighted by atomic mass is 28.4. The molecule has 0 spiro atoms. The highest BCUT2D eigenvalue weighted by Gasteiger charge is 2.52. The average molecular weight is 476 g/mol. The minimum atomic E-state index is -2.01. The summed E-state index contributed by atoms with van der Waals surface area (Å²) >= 11 is 0. The van der Waals surface area contributed by atoms with Gasteiger partial charge in [-0.15, -0.1) is 0 Å². The van der Waals surface area contributed by atoms with Crippen molar-refractivity contribution < 1.29 is 23.5 Å². The molecule has 2 fully saturated rings. The third kappa shape index (κ3) is 6.32. The molecule has 1 aliphatic heterocycles. The minimum absolute atomic E-state index is 0.00337. The van der Waals surface area contributed by atoms with Crippen LogP contribution in [0.15, 0.2) is 30.3 Å². The fourth-order valence-corrected chi connectivity index (χ4v) is 6.00. The lowest BCUT2D eigenvalue weighted by atomic mass is 9.71. The maximum absolute atomic E-state index is 13.2. The van der Waals surface area contributed by atoms with E-state index in [9.17, 15) is 9.59 Å². The minimum Gasteiger partial charge on any atom is -0.413 e. The first-order valence-electron chi connectivity index (χ1n) is 12.3. The van der Waals surface area contributed by atoms with Crippen molar-refractivity contribution in [3.63, 3.8) is 0 Å². The summed E-state index contributed by atoms with van der Waals surface area (Å²) in [5.41, 5.74) is 1.12. The van der Waals surface area contributed by atoms with Crippen LogP contribution in [0.25, 0.3) is 0 Å². The summed E-state index contributed by atoms with van der Waals surface area (Å²) in [6.45, 7) is 14.3. The van der Waals surface area contributed by atoms with Gasteiger partial charge in [0.2, 0.25) is 5.91 Å². The van der Waals surface area contributed by atoms with Crippen molar-refractivity contribution in [2.24, 2.45) is 11.8 Å². The highest BCUT2D eigenvalue weighted by Crippen LogP contribution is 2.40. The monoisotopic (exact) mass is 475 g/mol. The van der Waals surface area contributed by atoms with Gasteiger partial charge < -0.3 is 19.2 Å². The third-order valence-corrected chi connectivity index (χ3v) is 12.1. The Morgan fingerprint density at radius 2 is 1.79 bits per heavy atom. The summed E-state index contributed by atoms with van der Waals surface area (Å²) in [6, 6.07) is 9.84. The highest BCUT2D eigenvalue weighted by molar-refractivity contribution is 6.74. The summed E-state index contributed by atoms with van der Waals surface area (Å²) in [7, 11) is -2.01. The van der Waals surface area contributed by atoms with Crippen LogP contribution in [0, 0.1) is 11.8 Å². The van der Waals surface area contributed by atoms with E-state index in [-0.39, 0.29) is 40.7 Å². The molecule has 0 radical (unpaired) electrons. The molecule has 1 amide bonds. The molecule has 1 N–H and O–H groups in total. The number of hydrogen-bond donors (Lipinski definition) is 1. The van der Waals surface area contributed by atoms with Gasteiger partial charge in [-0.2, -0.15) is 0 Å². The SMILES string of the molecule is C[C@@H](O[Si](C)(C)C(C)(C)C)[C@H]1C(=O)N[C@@H]1[C@H]1CCC[C@@H](OCCOCc2ccccc2)C1=O. The summed E-state index contributed by atoms with van der Waals surface area (Å²) in [4.78, 5) is 25.7. The van der Waals surface area contributed by atoms with Gasteiger partial charge in [-0.1, -0.05) is 51.1 Å². The van der Waals surface area contributed by atoms with Crippen molar-refractivity contribution in [1.29, 1.82) is 0 Å². The van der Waals surface area contributed by atoms with E-state index in [1.54, 1.807) is 0 Å². The van der Waals surface area contributed by atoms with E-state index in [0.29, 0.717) is 19.8 Å². The number of benzene rings is 1. The van der Waals surface area contributed by atoms with Crippen LogP contribution in [0.1, 0.15) is 52.5 Å². The van der Waals surface area contributed by atoms with E-state index in [0.717, 1.165) is 24.8 Å². The molecule has 184 valence electrons. The molecular weight excluding hydrogens is 434 g/mol. The number of carbonyl (C=O) groups excluding carboxylic acids is 2. The predicted octanol–water partition coefficient (Wildman–Crippen LogP) is 4.48. The number of ketones is 1. The first-order valence-corrected chi connectivity index (χ1v) is 15.2. The number of carbonyl (C=O) groups is 2. The van der Waals surface area contributed by atoms with Crippen LogP contribution in [-0.4, -0.2) is 51.5 Å². The number of amides is 1. The second kappa shape index (κ2) is 10.8. The maximum Gasteiger partial charge on any atom is 0.228 e. The predicted molar refractivity (Wildman–Crippen MR) is 131 cm³/mol. The Morgan fingerprint density at radius 1 is 1.09 bits per heavy atom. The largest absolute Gasteiger partial charge is 0.413 e. The van der Waals surface area contributed by atoms with Crippen LogP contribution >= 0.6 is 0 Å². The fourth-order valence-electron chi connectivity index (χ4n) is 4.57. The molecule has 2 aliphatic rings. The Labute approximate surface area is 199 Å². The zero-order chi connectivity index (χ0) is 24.2. The molecule has 6 nitrogen and oxygen atoms in total. The van der Waals surface area contributed by atoms with Crippen LogP contribution in [0.5, 0.6) is 0 Å². The molecule has 33 heavy (non-hydrogen) atoms. The number of hydrogen-bond acceptors (Lipinski definition) is 5. The number of rotatable bonds is 10. The summed E-state index contributed by atoms with van der Waals surface area (Å²) < 4.78 is 18.1. The maximum atomic E-state index is 13.2. The molecule has 1 aliphatic carbocycles. The first kappa shape index (κ1) is 26.1. The van der Waals surface area contributed by atoms with Crippen molar-refractivity contribution in [2.45, 2.75) is 89.9 Å². The van der Waals surface area contributed by atoms with E-state index < -0.39 is 14.4 Å². The van der Waals surface area contributed by atoms with E-state index >= 15 is 0 Å². The average Bonchev–Trinajstić information content (AvgIpc) is 2.72. The topological polar surface area (TPSA) is 73.9 Å². The molecule has 3 rings (SSSR count). The summed E-state index contributed by atoms with van der Waals surface area (Å²) in [5.74, 6) is -0.376. The Hall–Kier alpha value is -1.54. The van der Waals surface area contributed by atoms with Gasteiger partial charge in [-0.25, -0.2) is 0 Å². The molecule has 1 aromatic rings. The van der Waals surface area contributed by atoms with Gasteiger partial charge in [0.1, 0.15) is 6.10 Å². The lowest BCUT2D eigenvalue weighted by Gasteiger charge is -2.48. The van der Waals surface area contributed by atoms with Crippen molar-refractivity contribution in [2.75, 3.05) is 13.2 Å². The summed E-state index contributed by atoms with van der Waals surface area (Å²) in [6.07, 6.45) is 1.82. The fraction of sp³-hybridized carbons (Fsp3) is 0.692. The van der Waals surface area contributed by atoms with Crippen LogP contribution in [0.4, 0.5) is 0 Å². The molecule has 1 saturated heterocycles. The van der Waals surface area contributed by atoms with Gasteiger partial charge in [-0.05, 0) is 49.9 Å². The van der Waals surface area contributed by atoms with Gasteiger partial charge in [0.25, 0.3) is 0 Å². The Bertz CT molecular complexity index is 807. The van der Waals surface area contributed by atoms with Gasteiger partial charge in [0.15, 0.2) is 14.1 Å². The number of β-lactam (4-membered cyclic amide) rings is 1.